The summed E-state index contributed by atoms with van der Waals surface area (Å²) in [7, 11) is 1.71. The molecule has 0 saturated carbocycles. The fourth-order valence-electron chi connectivity index (χ4n) is 2.93. The van der Waals surface area contributed by atoms with E-state index in [2.05, 4.69) is 64.9 Å². The van der Waals surface area contributed by atoms with Gasteiger partial charge in [-0.1, -0.05) is 53.5 Å². The van der Waals surface area contributed by atoms with Crippen molar-refractivity contribution < 1.29 is 4.74 Å². The minimum absolute atomic E-state index is 0.224. The fraction of sp³-hybridized carbons (Fsp3) is 0.542. The molecule has 2 rings (SSSR count). The molecule has 158 valence electrons. The average molecular weight is 388 g/mol. The van der Waals surface area contributed by atoms with Gasteiger partial charge in [-0.2, -0.15) is 5.10 Å². The third kappa shape index (κ3) is 6.74. The lowest BCUT2D eigenvalue weighted by atomic mass is 9.96. The van der Waals surface area contributed by atoms with Crippen LogP contribution < -0.4 is 5.73 Å². The molecule has 2 N–H and O–H groups in total. The van der Waals surface area contributed by atoms with Crippen molar-refractivity contribution in [2.24, 2.45) is 0 Å². The minimum Gasteiger partial charge on any atom is -0.497 e. The van der Waals surface area contributed by atoms with Gasteiger partial charge in [0.1, 0.15) is 5.76 Å². The van der Waals surface area contributed by atoms with Crippen LogP contribution in [0.3, 0.4) is 0 Å². The topological polar surface area (TPSA) is 52.5 Å². The number of nitrogen functional groups attached to an aromatic ring is 1. The van der Waals surface area contributed by atoms with Crippen LogP contribution in [0.2, 0.25) is 0 Å². The van der Waals surface area contributed by atoms with E-state index in [-0.39, 0.29) is 5.92 Å². The molecule has 0 aromatic carbocycles. The zero-order valence-electron chi connectivity index (χ0n) is 19.7. The largest absolute Gasteiger partial charge is 0.497 e. The van der Waals surface area contributed by atoms with Gasteiger partial charge in [-0.3, -0.25) is 0 Å². The molecule has 0 amide bonds. The second-order valence-electron chi connectivity index (χ2n) is 6.79. The van der Waals surface area contributed by atoms with E-state index in [1.165, 1.54) is 23.3 Å². The quantitative estimate of drug-likeness (QED) is 0.445. The van der Waals surface area contributed by atoms with Crippen molar-refractivity contribution >= 4 is 11.2 Å². The summed E-state index contributed by atoms with van der Waals surface area (Å²) in [6.07, 6.45) is 6.39. The highest BCUT2D eigenvalue weighted by Gasteiger charge is 2.18. The Kier molecular flexibility index (Phi) is 12.0. The number of nitrogens with two attached hydrogens (primary N) is 1. The summed E-state index contributed by atoms with van der Waals surface area (Å²) in [5.41, 5.74) is 12.4. The van der Waals surface area contributed by atoms with Gasteiger partial charge < -0.3 is 10.5 Å². The van der Waals surface area contributed by atoms with E-state index in [1.807, 2.05) is 31.4 Å². The molecule has 1 unspecified atom stereocenters. The van der Waals surface area contributed by atoms with E-state index in [0.29, 0.717) is 0 Å². The molecular formula is C24H41N3O. The molecule has 0 aliphatic heterocycles. The minimum atomic E-state index is 0.224. The Morgan fingerprint density at radius 2 is 1.79 bits per heavy atom. The van der Waals surface area contributed by atoms with Crippen molar-refractivity contribution in [2.45, 2.75) is 81.1 Å². The molecule has 0 radical (unpaired) electrons. The number of nitrogens with zero attached hydrogens (tertiary/aromatic N) is 2. The third-order valence-electron chi connectivity index (χ3n) is 4.24. The molecule has 4 nitrogen and oxygen atoms in total. The van der Waals surface area contributed by atoms with Gasteiger partial charge in [0.25, 0.3) is 0 Å². The van der Waals surface area contributed by atoms with Crippen LogP contribution in [0.1, 0.15) is 84.2 Å². The molecule has 28 heavy (non-hydrogen) atoms. The SMILES string of the molecule is CC.CC/C=C(\C=C(\C)C(C)c1c(C)cc2c(N)cc(C)nn12)OC.CCC. The van der Waals surface area contributed by atoms with Crippen LogP contribution in [-0.2, 0) is 4.74 Å². The van der Waals surface area contributed by atoms with Gasteiger partial charge in [0.15, 0.2) is 0 Å². The van der Waals surface area contributed by atoms with Gasteiger partial charge in [-0.25, -0.2) is 4.52 Å². The van der Waals surface area contributed by atoms with Gasteiger partial charge in [-0.05, 0) is 57.0 Å². The number of ether oxygens (including phenoxy) is 1. The molecular weight excluding hydrogens is 346 g/mol. The van der Waals surface area contributed by atoms with Crippen molar-refractivity contribution in [3.63, 3.8) is 0 Å². The summed E-state index contributed by atoms with van der Waals surface area (Å²) in [6.45, 7) is 18.8. The Labute approximate surface area is 172 Å². The highest BCUT2D eigenvalue weighted by molar-refractivity contribution is 5.71. The number of anilines is 1. The first-order valence-electron chi connectivity index (χ1n) is 10.5. The molecule has 4 heteroatoms. The van der Waals surface area contributed by atoms with Crippen molar-refractivity contribution in [2.75, 3.05) is 12.8 Å². The van der Waals surface area contributed by atoms with E-state index in [9.17, 15) is 0 Å². The molecule has 0 aliphatic rings. The number of methoxy groups -OCH3 is 1. The first-order valence-corrected chi connectivity index (χ1v) is 10.5. The predicted octanol–water partition coefficient (Wildman–Crippen LogP) is 6.97. The number of aryl methyl sites for hydroxylation is 2. The molecule has 2 aromatic heterocycles. The van der Waals surface area contributed by atoms with Gasteiger partial charge in [-0.15, -0.1) is 0 Å². The molecule has 0 bridgehead atoms. The fourth-order valence-corrected chi connectivity index (χ4v) is 2.93. The summed E-state index contributed by atoms with van der Waals surface area (Å²) < 4.78 is 7.41. The lowest BCUT2D eigenvalue weighted by Gasteiger charge is -2.15. The molecule has 0 fully saturated rings. The van der Waals surface area contributed by atoms with Crippen LogP contribution in [-0.4, -0.2) is 16.7 Å². The Morgan fingerprint density at radius 1 is 1.21 bits per heavy atom. The first kappa shape index (κ1) is 25.8. The van der Waals surface area contributed by atoms with Gasteiger partial charge in [0.2, 0.25) is 0 Å². The van der Waals surface area contributed by atoms with Crippen molar-refractivity contribution in [1.29, 1.82) is 0 Å². The lowest BCUT2D eigenvalue weighted by molar-refractivity contribution is 0.304. The summed E-state index contributed by atoms with van der Waals surface area (Å²) in [6, 6.07) is 4.03. The number of allylic oxidation sites excluding steroid dienone is 3. The third-order valence-corrected chi connectivity index (χ3v) is 4.24. The Balaban J connectivity index is 0.00000133. The summed E-state index contributed by atoms with van der Waals surface area (Å²) in [4.78, 5) is 0. The highest BCUT2D eigenvalue weighted by Crippen LogP contribution is 2.31. The summed E-state index contributed by atoms with van der Waals surface area (Å²) in [5.74, 6) is 1.13. The molecule has 2 heterocycles. The second-order valence-corrected chi connectivity index (χ2v) is 6.79. The van der Waals surface area contributed by atoms with E-state index < -0.39 is 0 Å². The van der Waals surface area contributed by atoms with Gasteiger partial charge in [0.05, 0.1) is 29.7 Å². The Bertz CT molecular complexity index is 785. The lowest BCUT2D eigenvalue weighted by Crippen LogP contribution is -2.07. The van der Waals surface area contributed by atoms with E-state index >= 15 is 0 Å². The molecule has 0 aliphatic carbocycles. The maximum atomic E-state index is 6.15. The molecule has 0 saturated heterocycles. The van der Waals surface area contributed by atoms with Crippen LogP contribution >= 0.6 is 0 Å². The van der Waals surface area contributed by atoms with Gasteiger partial charge in [0, 0.05) is 5.92 Å². The smallest absolute Gasteiger partial charge is 0.114 e. The Hall–Kier alpha value is -2.23. The van der Waals surface area contributed by atoms with E-state index in [0.717, 1.165) is 29.1 Å². The van der Waals surface area contributed by atoms with Crippen LogP contribution in [0.15, 0.2) is 35.6 Å². The normalized spacial score (nSPS) is 12.6. The Morgan fingerprint density at radius 3 is 2.29 bits per heavy atom. The zero-order chi connectivity index (χ0) is 21.9. The van der Waals surface area contributed by atoms with Crippen LogP contribution in [0.4, 0.5) is 5.69 Å². The summed E-state index contributed by atoms with van der Waals surface area (Å²) >= 11 is 0. The number of aromatic nitrogens is 2. The average Bonchev–Trinajstić information content (AvgIpc) is 2.99. The monoisotopic (exact) mass is 387 g/mol. The number of hydrogen-bond acceptors (Lipinski definition) is 3. The maximum absolute atomic E-state index is 6.15. The van der Waals surface area contributed by atoms with Crippen LogP contribution in [0, 0.1) is 13.8 Å². The standard InChI is InChI=1S/C19H27N3O.C3H8.C2H6/c1-7-8-16(23-6)9-12(2)15(5)19-13(3)10-18-17(20)11-14(4)21-22(18)19;1-3-2;1-2/h8-11,15H,7,20H2,1-6H3;3H2,1-2H3;1-2H3/b12-9-,16-8+;;. The number of fused-ring (bicyclic) bond motifs is 1. The first-order chi connectivity index (χ1) is 13.3. The van der Waals surface area contributed by atoms with E-state index in [4.69, 9.17) is 10.5 Å². The van der Waals surface area contributed by atoms with Gasteiger partial charge >= 0.3 is 0 Å². The van der Waals surface area contributed by atoms with E-state index in [1.54, 1.807) is 7.11 Å². The van der Waals surface area contributed by atoms with Crippen molar-refractivity contribution in [3.05, 3.63) is 52.6 Å². The summed E-state index contributed by atoms with van der Waals surface area (Å²) in [5, 5.41) is 4.66. The number of rotatable bonds is 5. The molecule has 2 aromatic rings. The zero-order valence-corrected chi connectivity index (χ0v) is 19.7. The molecule has 1 atom stereocenters. The van der Waals surface area contributed by atoms with Crippen molar-refractivity contribution in [1.82, 2.24) is 9.61 Å². The van der Waals surface area contributed by atoms with Crippen molar-refractivity contribution in [3.8, 4) is 0 Å². The second kappa shape index (κ2) is 13.0. The number of hydrogen-bond donors (Lipinski definition) is 1. The van der Waals surface area contributed by atoms with Crippen LogP contribution in [0.25, 0.3) is 5.52 Å². The maximum Gasteiger partial charge on any atom is 0.114 e. The molecule has 0 spiro atoms. The van der Waals surface area contributed by atoms with Crippen LogP contribution in [0.5, 0.6) is 0 Å². The highest BCUT2D eigenvalue weighted by atomic mass is 16.5. The predicted molar refractivity (Wildman–Crippen MR) is 124 cm³/mol.